The van der Waals surface area contributed by atoms with Crippen molar-refractivity contribution in [3.8, 4) is 0 Å². The van der Waals surface area contributed by atoms with Gasteiger partial charge < -0.3 is 5.32 Å². The summed E-state index contributed by atoms with van der Waals surface area (Å²) in [5.41, 5.74) is 0.395. The van der Waals surface area contributed by atoms with Crippen molar-refractivity contribution in [1.82, 2.24) is 8.61 Å². The molecule has 11 heteroatoms. The number of nitrogens with zero attached hydrogens (tertiary/aromatic N) is 2. The molecule has 168 valence electrons. The van der Waals surface area contributed by atoms with Crippen LogP contribution in [0.3, 0.4) is 0 Å². The topological polar surface area (TPSA) is 104 Å². The standard InChI is InChI=1S/C20H25N3O5S3/c24-19(15-17-8-9-20(29-17)31(27,28)23-12-3-4-13-23)21-16-6-5-7-18(14-16)30(25,26)22-10-1-2-11-22/h5-9,14H,1-4,10-13,15H2,(H,21,24). The number of thiophene rings is 1. The Labute approximate surface area is 187 Å². The van der Waals surface area contributed by atoms with Gasteiger partial charge in [-0.3, -0.25) is 4.79 Å². The van der Waals surface area contributed by atoms with Crippen molar-refractivity contribution in [3.05, 3.63) is 41.3 Å². The van der Waals surface area contributed by atoms with E-state index in [1.165, 1.54) is 20.7 Å². The number of sulfonamides is 2. The first kappa shape index (κ1) is 22.4. The van der Waals surface area contributed by atoms with Crippen LogP contribution in [0.4, 0.5) is 5.69 Å². The molecule has 3 heterocycles. The number of anilines is 1. The summed E-state index contributed by atoms with van der Waals surface area (Å²) in [6.45, 7) is 2.10. The molecule has 2 fully saturated rings. The van der Waals surface area contributed by atoms with Gasteiger partial charge in [0.15, 0.2) is 0 Å². The second kappa shape index (κ2) is 8.99. The summed E-state index contributed by atoms with van der Waals surface area (Å²) in [4.78, 5) is 13.3. The van der Waals surface area contributed by atoms with Crippen molar-refractivity contribution in [2.75, 3.05) is 31.5 Å². The van der Waals surface area contributed by atoms with Gasteiger partial charge in [-0.15, -0.1) is 11.3 Å². The van der Waals surface area contributed by atoms with Gasteiger partial charge in [0.1, 0.15) is 4.21 Å². The van der Waals surface area contributed by atoms with E-state index in [4.69, 9.17) is 0 Å². The molecule has 0 saturated carbocycles. The van der Waals surface area contributed by atoms with Crippen molar-refractivity contribution in [1.29, 1.82) is 0 Å². The van der Waals surface area contributed by atoms with E-state index in [2.05, 4.69) is 5.32 Å². The van der Waals surface area contributed by atoms with Gasteiger partial charge >= 0.3 is 0 Å². The maximum Gasteiger partial charge on any atom is 0.252 e. The number of carbonyl (C=O) groups is 1. The maximum absolute atomic E-state index is 12.7. The second-order valence-electron chi connectivity index (χ2n) is 7.70. The minimum absolute atomic E-state index is 0.0172. The second-order valence-corrected chi connectivity index (χ2v) is 13.0. The largest absolute Gasteiger partial charge is 0.326 e. The Balaban J connectivity index is 1.42. The molecule has 1 amide bonds. The van der Waals surface area contributed by atoms with Crippen LogP contribution in [0, 0.1) is 0 Å². The molecule has 4 rings (SSSR count). The van der Waals surface area contributed by atoms with E-state index < -0.39 is 20.0 Å². The van der Waals surface area contributed by atoms with Gasteiger partial charge in [-0.25, -0.2) is 16.8 Å². The number of benzene rings is 1. The van der Waals surface area contributed by atoms with Gasteiger partial charge in [-0.1, -0.05) is 6.07 Å². The molecule has 1 N–H and O–H groups in total. The smallest absolute Gasteiger partial charge is 0.252 e. The Kier molecular flexibility index (Phi) is 6.50. The van der Waals surface area contributed by atoms with Crippen molar-refractivity contribution in [3.63, 3.8) is 0 Å². The van der Waals surface area contributed by atoms with Crippen LogP contribution >= 0.6 is 11.3 Å². The Hall–Kier alpha value is -1.79. The lowest BCUT2D eigenvalue weighted by atomic mass is 10.3. The third kappa shape index (κ3) is 4.85. The van der Waals surface area contributed by atoms with Crippen LogP contribution in [0.5, 0.6) is 0 Å². The highest BCUT2D eigenvalue weighted by molar-refractivity contribution is 7.91. The molecule has 2 saturated heterocycles. The summed E-state index contributed by atoms with van der Waals surface area (Å²) in [7, 11) is -7.06. The fraction of sp³-hybridized carbons (Fsp3) is 0.450. The summed E-state index contributed by atoms with van der Waals surface area (Å²) in [5.74, 6) is -0.331. The van der Waals surface area contributed by atoms with E-state index in [9.17, 15) is 21.6 Å². The summed E-state index contributed by atoms with van der Waals surface area (Å²) in [5, 5.41) is 2.72. The van der Waals surface area contributed by atoms with Crippen LogP contribution in [-0.2, 0) is 31.3 Å². The van der Waals surface area contributed by atoms with E-state index in [1.807, 2.05) is 0 Å². The molecule has 0 unspecified atom stereocenters. The predicted octanol–water partition coefficient (Wildman–Crippen LogP) is 2.50. The molecule has 8 nitrogen and oxygen atoms in total. The molecule has 0 atom stereocenters. The molecule has 0 bridgehead atoms. The number of amides is 1. The first-order valence-electron chi connectivity index (χ1n) is 10.3. The van der Waals surface area contributed by atoms with E-state index in [1.54, 1.807) is 24.3 Å². The molecule has 1 aromatic heterocycles. The Morgan fingerprint density at radius 3 is 2.13 bits per heavy atom. The summed E-state index contributed by atoms with van der Waals surface area (Å²) in [6.07, 6.45) is 3.46. The van der Waals surface area contributed by atoms with Crippen LogP contribution in [0.25, 0.3) is 0 Å². The number of hydrogen-bond acceptors (Lipinski definition) is 6. The third-order valence-corrected chi connectivity index (χ3v) is 10.8. The molecule has 2 aromatic rings. The van der Waals surface area contributed by atoms with E-state index in [0.29, 0.717) is 36.7 Å². The SMILES string of the molecule is O=C(Cc1ccc(S(=O)(=O)N2CCCC2)s1)Nc1cccc(S(=O)(=O)N2CCCC2)c1. The maximum atomic E-state index is 12.7. The summed E-state index contributed by atoms with van der Waals surface area (Å²) < 4.78 is 53.9. The van der Waals surface area contributed by atoms with E-state index in [0.717, 1.165) is 37.0 Å². The lowest BCUT2D eigenvalue weighted by molar-refractivity contribution is -0.115. The molecule has 0 spiro atoms. The van der Waals surface area contributed by atoms with Gasteiger partial charge in [0.05, 0.1) is 11.3 Å². The highest BCUT2D eigenvalue weighted by Gasteiger charge is 2.29. The normalized spacial score (nSPS) is 18.5. The highest BCUT2D eigenvalue weighted by Crippen LogP contribution is 2.28. The first-order valence-corrected chi connectivity index (χ1v) is 14.0. The quantitative estimate of drug-likeness (QED) is 0.652. The van der Waals surface area contributed by atoms with Crippen molar-refractivity contribution in [2.24, 2.45) is 0 Å². The molecule has 31 heavy (non-hydrogen) atoms. The zero-order valence-corrected chi connectivity index (χ0v) is 19.4. The molecule has 1 aromatic carbocycles. The third-order valence-electron chi connectivity index (χ3n) is 5.45. The lowest BCUT2D eigenvalue weighted by Crippen LogP contribution is -2.28. The van der Waals surface area contributed by atoms with Crippen LogP contribution in [0.15, 0.2) is 45.5 Å². The Morgan fingerprint density at radius 2 is 1.48 bits per heavy atom. The summed E-state index contributed by atoms with van der Waals surface area (Å²) >= 11 is 1.10. The summed E-state index contributed by atoms with van der Waals surface area (Å²) in [6, 6.07) is 9.43. The van der Waals surface area contributed by atoms with Gasteiger partial charge in [0.2, 0.25) is 15.9 Å². The predicted molar refractivity (Wildman–Crippen MR) is 119 cm³/mol. The lowest BCUT2D eigenvalue weighted by Gasteiger charge is -2.16. The van der Waals surface area contributed by atoms with Gasteiger partial charge in [-0.05, 0) is 56.0 Å². The Morgan fingerprint density at radius 1 is 0.871 bits per heavy atom. The van der Waals surface area contributed by atoms with E-state index in [-0.39, 0.29) is 21.4 Å². The molecular formula is C20H25N3O5S3. The fourth-order valence-corrected chi connectivity index (χ4v) is 8.41. The zero-order chi connectivity index (χ0) is 22.1. The molecular weight excluding hydrogens is 458 g/mol. The van der Waals surface area contributed by atoms with Crippen LogP contribution in [-0.4, -0.2) is 57.5 Å². The molecule has 0 aliphatic carbocycles. The average molecular weight is 484 g/mol. The average Bonchev–Trinajstić information content (AvgIpc) is 3.50. The van der Waals surface area contributed by atoms with E-state index >= 15 is 0 Å². The van der Waals surface area contributed by atoms with Crippen LogP contribution in [0.2, 0.25) is 0 Å². The monoisotopic (exact) mass is 483 g/mol. The zero-order valence-electron chi connectivity index (χ0n) is 17.0. The first-order chi connectivity index (χ1) is 14.8. The highest BCUT2D eigenvalue weighted by atomic mass is 32.2. The number of hydrogen-bond donors (Lipinski definition) is 1. The molecule has 2 aliphatic heterocycles. The Bertz CT molecular complexity index is 1160. The van der Waals surface area contributed by atoms with Crippen LogP contribution < -0.4 is 5.32 Å². The van der Waals surface area contributed by atoms with Crippen molar-refractivity contribution >= 4 is 43.0 Å². The van der Waals surface area contributed by atoms with Gasteiger partial charge in [0.25, 0.3) is 10.0 Å². The van der Waals surface area contributed by atoms with Gasteiger partial charge in [-0.2, -0.15) is 8.61 Å². The number of carbonyl (C=O) groups excluding carboxylic acids is 1. The molecule has 0 radical (unpaired) electrons. The minimum Gasteiger partial charge on any atom is -0.326 e. The van der Waals surface area contributed by atoms with Crippen molar-refractivity contribution < 1.29 is 21.6 Å². The van der Waals surface area contributed by atoms with Gasteiger partial charge in [0, 0.05) is 36.7 Å². The van der Waals surface area contributed by atoms with Crippen LogP contribution in [0.1, 0.15) is 30.6 Å². The minimum atomic E-state index is -3.56. The molecule has 2 aliphatic rings. The number of nitrogens with one attached hydrogen (secondary N) is 1. The van der Waals surface area contributed by atoms with Crippen molar-refractivity contribution in [2.45, 2.75) is 41.2 Å². The fourth-order valence-electron chi connectivity index (χ4n) is 3.82. The number of rotatable bonds is 7.